The number of aromatic amines is 1. The number of carbonyl (C=O) groups excluding carboxylic acids is 1. The van der Waals surface area contributed by atoms with Gasteiger partial charge in [-0.05, 0) is 66.4 Å². The molecular weight excluding hydrogens is 542 g/mol. The fourth-order valence-corrected chi connectivity index (χ4v) is 5.89. The second kappa shape index (κ2) is 12.4. The molecule has 3 aromatic carbocycles. The molecule has 0 radical (unpaired) electrons. The van der Waals surface area contributed by atoms with Crippen LogP contribution in [0.3, 0.4) is 0 Å². The Hall–Kier alpha value is -3.72. The number of ether oxygens (including phenoxy) is 4. The van der Waals surface area contributed by atoms with E-state index < -0.39 is 12.1 Å². The van der Waals surface area contributed by atoms with Gasteiger partial charge in [0.2, 0.25) is 0 Å². The Bertz CT molecular complexity index is 1500. The van der Waals surface area contributed by atoms with Gasteiger partial charge in [0.05, 0.1) is 26.9 Å². The molecule has 0 aliphatic carbocycles. The first-order valence-corrected chi connectivity index (χ1v) is 14.4. The van der Waals surface area contributed by atoms with Crippen LogP contribution in [0.25, 0.3) is 10.9 Å². The minimum absolute atomic E-state index is 0.411. The van der Waals surface area contributed by atoms with Gasteiger partial charge in [0.1, 0.15) is 11.8 Å². The molecule has 41 heavy (non-hydrogen) atoms. The number of carbonyl (C=O) groups is 1. The summed E-state index contributed by atoms with van der Waals surface area (Å²) < 4.78 is 23.1. The number of para-hydroxylation sites is 1. The molecular formula is C32H34ClN3O5. The van der Waals surface area contributed by atoms with Gasteiger partial charge in [0, 0.05) is 47.8 Å². The molecule has 1 amide bonds. The highest BCUT2D eigenvalue weighted by Crippen LogP contribution is 2.41. The van der Waals surface area contributed by atoms with E-state index in [1.54, 1.807) is 24.1 Å². The number of aromatic nitrogens is 1. The van der Waals surface area contributed by atoms with E-state index in [0.717, 1.165) is 67.0 Å². The Morgan fingerprint density at radius 2 is 1.85 bits per heavy atom. The molecule has 214 valence electrons. The highest BCUT2D eigenvalue weighted by atomic mass is 35.5. The van der Waals surface area contributed by atoms with Gasteiger partial charge in [-0.25, -0.2) is 4.79 Å². The SMILES string of the molecule is COc1cc(C2c3[nH]c4ccc(Cl)cc4c3CCN2C(=O)Oc2ccccc2)ccc1OCCCN1CCOCC1. The van der Waals surface area contributed by atoms with Crippen LogP contribution in [0, 0.1) is 0 Å². The zero-order chi connectivity index (χ0) is 28.2. The van der Waals surface area contributed by atoms with Crippen LogP contribution in [-0.2, 0) is 11.2 Å². The maximum atomic E-state index is 13.6. The molecule has 0 saturated carbocycles. The van der Waals surface area contributed by atoms with E-state index in [1.165, 1.54) is 0 Å². The molecule has 1 fully saturated rings. The smallest absolute Gasteiger partial charge is 0.416 e. The minimum atomic E-state index is -0.412. The molecule has 2 aliphatic heterocycles. The molecule has 3 heterocycles. The lowest BCUT2D eigenvalue weighted by Gasteiger charge is -2.35. The highest BCUT2D eigenvalue weighted by molar-refractivity contribution is 6.31. The third-order valence-corrected chi connectivity index (χ3v) is 7.99. The maximum Gasteiger partial charge on any atom is 0.416 e. The van der Waals surface area contributed by atoms with Crippen molar-refractivity contribution in [3.63, 3.8) is 0 Å². The van der Waals surface area contributed by atoms with Gasteiger partial charge in [0.15, 0.2) is 11.5 Å². The van der Waals surface area contributed by atoms with Gasteiger partial charge in [-0.1, -0.05) is 35.9 Å². The molecule has 1 aromatic heterocycles. The molecule has 4 aromatic rings. The van der Waals surface area contributed by atoms with Gasteiger partial charge in [-0.2, -0.15) is 0 Å². The van der Waals surface area contributed by atoms with Crippen molar-refractivity contribution in [3.8, 4) is 17.2 Å². The summed E-state index contributed by atoms with van der Waals surface area (Å²) in [7, 11) is 1.64. The van der Waals surface area contributed by atoms with Crippen molar-refractivity contribution in [2.45, 2.75) is 18.9 Å². The normalized spacial score (nSPS) is 17.3. The molecule has 6 rings (SSSR count). The van der Waals surface area contributed by atoms with E-state index >= 15 is 0 Å². The van der Waals surface area contributed by atoms with Gasteiger partial charge < -0.3 is 23.9 Å². The summed E-state index contributed by atoms with van der Waals surface area (Å²) in [4.78, 5) is 21.3. The summed E-state index contributed by atoms with van der Waals surface area (Å²) in [6.45, 7) is 5.55. The molecule has 0 spiro atoms. The van der Waals surface area contributed by atoms with E-state index in [1.807, 2.05) is 54.6 Å². The number of hydrogen-bond acceptors (Lipinski definition) is 6. The first kappa shape index (κ1) is 27.4. The number of hydrogen-bond donors (Lipinski definition) is 1. The zero-order valence-corrected chi connectivity index (χ0v) is 23.9. The molecule has 1 saturated heterocycles. The summed E-state index contributed by atoms with van der Waals surface area (Å²) in [6.07, 6.45) is 1.18. The molecule has 9 heteroatoms. The Morgan fingerprint density at radius 3 is 2.66 bits per heavy atom. The lowest BCUT2D eigenvalue weighted by molar-refractivity contribution is 0.0357. The maximum absolute atomic E-state index is 13.6. The summed E-state index contributed by atoms with van der Waals surface area (Å²) in [5, 5.41) is 1.75. The summed E-state index contributed by atoms with van der Waals surface area (Å²) in [6, 6.07) is 20.5. The van der Waals surface area contributed by atoms with Crippen LogP contribution in [0.2, 0.25) is 5.02 Å². The van der Waals surface area contributed by atoms with Crippen LogP contribution in [0.4, 0.5) is 4.79 Å². The van der Waals surface area contributed by atoms with Crippen molar-refractivity contribution in [1.29, 1.82) is 0 Å². The molecule has 8 nitrogen and oxygen atoms in total. The number of fused-ring (bicyclic) bond motifs is 3. The number of rotatable bonds is 8. The van der Waals surface area contributed by atoms with Crippen LogP contribution in [-0.4, -0.2) is 74.0 Å². The fourth-order valence-electron chi connectivity index (χ4n) is 5.72. The summed E-state index contributed by atoms with van der Waals surface area (Å²) >= 11 is 6.36. The quantitative estimate of drug-likeness (QED) is 0.257. The standard InChI is InChI=1S/C32H34ClN3O5/c1-38-29-20-22(8-11-28(29)40-17-5-13-35-15-18-39-19-16-35)31-30-25(26-21-23(33)9-10-27(26)34-30)12-14-36(31)32(37)41-24-6-3-2-4-7-24/h2-4,6-11,20-21,31,34H,5,12-19H2,1H3. The van der Waals surface area contributed by atoms with E-state index in [0.29, 0.717) is 41.8 Å². The van der Waals surface area contributed by atoms with Gasteiger partial charge >= 0.3 is 6.09 Å². The number of H-pyrrole nitrogens is 1. The predicted octanol–water partition coefficient (Wildman–Crippen LogP) is 6.08. The van der Waals surface area contributed by atoms with Gasteiger partial charge in [-0.15, -0.1) is 0 Å². The number of methoxy groups -OCH3 is 1. The second-order valence-corrected chi connectivity index (χ2v) is 10.7. The second-order valence-electron chi connectivity index (χ2n) is 10.3. The molecule has 2 aliphatic rings. The Labute approximate surface area is 244 Å². The summed E-state index contributed by atoms with van der Waals surface area (Å²) in [5.41, 5.74) is 3.97. The average molecular weight is 576 g/mol. The Morgan fingerprint density at radius 1 is 1.02 bits per heavy atom. The number of nitrogens with zero attached hydrogens (tertiary/aromatic N) is 2. The van der Waals surface area contributed by atoms with E-state index in [-0.39, 0.29) is 0 Å². The summed E-state index contributed by atoms with van der Waals surface area (Å²) in [5.74, 6) is 1.80. The van der Waals surface area contributed by atoms with Crippen LogP contribution in [0.1, 0.15) is 29.3 Å². The Kier molecular flexibility index (Phi) is 8.32. The van der Waals surface area contributed by atoms with Crippen molar-refractivity contribution in [3.05, 3.63) is 88.6 Å². The lowest BCUT2D eigenvalue weighted by Crippen LogP contribution is -2.42. The third kappa shape index (κ3) is 6.00. The van der Waals surface area contributed by atoms with Crippen LogP contribution >= 0.6 is 11.6 Å². The number of benzene rings is 3. The van der Waals surface area contributed by atoms with Crippen molar-refractivity contribution in [1.82, 2.24) is 14.8 Å². The van der Waals surface area contributed by atoms with Crippen molar-refractivity contribution in [2.75, 3.05) is 53.1 Å². The van der Waals surface area contributed by atoms with Crippen molar-refractivity contribution in [2.24, 2.45) is 0 Å². The lowest BCUT2D eigenvalue weighted by atomic mass is 9.92. The largest absolute Gasteiger partial charge is 0.493 e. The first-order valence-electron chi connectivity index (χ1n) is 14.0. The van der Waals surface area contributed by atoms with Crippen LogP contribution in [0.15, 0.2) is 66.7 Å². The number of halogens is 1. The topological polar surface area (TPSA) is 76.3 Å². The molecule has 1 atom stereocenters. The minimum Gasteiger partial charge on any atom is -0.493 e. The number of morpholine rings is 1. The third-order valence-electron chi connectivity index (χ3n) is 7.76. The van der Waals surface area contributed by atoms with Crippen molar-refractivity contribution < 1.29 is 23.7 Å². The zero-order valence-electron chi connectivity index (χ0n) is 23.1. The number of amides is 1. The van der Waals surface area contributed by atoms with Gasteiger partial charge in [0.25, 0.3) is 0 Å². The first-order chi connectivity index (χ1) is 20.1. The Balaban J connectivity index is 1.28. The van der Waals surface area contributed by atoms with E-state index in [4.69, 9.17) is 30.5 Å². The van der Waals surface area contributed by atoms with Crippen molar-refractivity contribution >= 4 is 28.6 Å². The van der Waals surface area contributed by atoms with E-state index in [2.05, 4.69) is 9.88 Å². The van der Waals surface area contributed by atoms with Crippen LogP contribution < -0.4 is 14.2 Å². The highest BCUT2D eigenvalue weighted by Gasteiger charge is 2.36. The van der Waals surface area contributed by atoms with Gasteiger partial charge in [-0.3, -0.25) is 9.80 Å². The molecule has 0 bridgehead atoms. The molecule has 1 N–H and O–H groups in total. The van der Waals surface area contributed by atoms with Crippen LogP contribution in [0.5, 0.6) is 17.2 Å². The fraction of sp³-hybridized carbons (Fsp3) is 0.344. The average Bonchev–Trinajstić information content (AvgIpc) is 3.37. The van der Waals surface area contributed by atoms with E-state index in [9.17, 15) is 4.79 Å². The predicted molar refractivity (Wildman–Crippen MR) is 158 cm³/mol. The molecule has 1 unspecified atom stereocenters. The monoisotopic (exact) mass is 575 g/mol. The number of nitrogens with one attached hydrogen (secondary N) is 1.